The van der Waals surface area contributed by atoms with Crippen molar-refractivity contribution in [1.29, 1.82) is 0 Å². The number of rotatable bonds is 0. The molecule has 4 fully saturated rings. The molecule has 1 heterocycles. The average molecular weight is 317 g/mol. The third-order valence-corrected chi connectivity index (χ3v) is 8.48. The van der Waals surface area contributed by atoms with Crippen LogP contribution in [0.4, 0.5) is 0 Å². The Hall–Kier alpha value is -0.860. The van der Waals surface area contributed by atoms with Crippen LogP contribution in [0, 0.1) is 34.5 Å². The Labute approximate surface area is 140 Å². The first-order valence-corrected chi connectivity index (χ1v) is 9.75. The first kappa shape index (κ1) is 15.7. The van der Waals surface area contributed by atoms with Crippen molar-refractivity contribution >= 4 is 11.7 Å². The molecule has 1 unspecified atom stereocenters. The second-order valence-electron chi connectivity index (χ2n) is 9.21. The summed E-state index contributed by atoms with van der Waals surface area (Å²) in [6, 6.07) is 0. The van der Waals surface area contributed by atoms with Gasteiger partial charge in [0, 0.05) is 24.8 Å². The van der Waals surface area contributed by atoms with Gasteiger partial charge < -0.3 is 5.32 Å². The highest BCUT2D eigenvalue weighted by Crippen LogP contribution is 2.64. The zero-order valence-corrected chi connectivity index (χ0v) is 14.7. The first-order valence-electron chi connectivity index (χ1n) is 9.75. The molecule has 0 radical (unpaired) electrons. The average Bonchev–Trinajstić information content (AvgIpc) is 2.81. The van der Waals surface area contributed by atoms with E-state index in [-0.39, 0.29) is 11.3 Å². The van der Waals surface area contributed by atoms with Crippen molar-refractivity contribution < 1.29 is 9.59 Å². The summed E-state index contributed by atoms with van der Waals surface area (Å²) in [6.45, 7) is 5.61. The molecule has 4 aliphatic rings. The van der Waals surface area contributed by atoms with Gasteiger partial charge in [-0.3, -0.25) is 9.59 Å². The molecule has 1 aliphatic heterocycles. The fourth-order valence-corrected chi connectivity index (χ4v) is 7.03. The van der Waals surface area contributed by atoms with Crippen molar-refractivity contribution in [1.82, 2.24) is 5.32 Å². The summed E-state index contributed by atoms with van der Waals surface area (Å²) in [5, 5.41) is 3.11. The molecule has 4 rings (SSSR count). The molecule has 6 atom stereocenters. The predicted octanol–water partition coefficient (Wildman–Crippen LogP) is 3.71. The zero-order chi connectivity index (χ0) is 16.2. The highest BCUT2D eigenvalue weighted by atomic mass is 16.1. The van der Waals surface area contributed by atoms with E-state index >= 15 is 0 Å². The molecule has 0 aromatic heterocycles. The normalized spacial score (nSPS) is 50.2. The molecule has 0 aromatic carbocycles. The summed E-state index contributed by atoms with van der Waals surface area (Å²) in [6.07, 6.45) is 9.74. The van der Waals surface area contributed by atoms with E-state index in [1.165, 1.54) is 19.3 Å². The van der Waals surface area contributed by atoms with E-state index < -0.39 is 0 Å². The maximum atomic E-state index is 12.5. The van der Waals surface area contributed by atoms with E-state index in [1.807, 2.05) is 0 Å². The van der Waals surface area contributed by atoms with Crippen molar-refractivity contribution in [2.24, 2.45) is 34.5 Å². The molecule has 1 N–H and O–H groups in total. The summed E-state index contributed by atoms with van der Waals surface area (Å²) in [7, 11) is 0. The van der Waals surface area contributed by atoms with Gasteiger partial charge in [0.05, 0.1) is 0 Å². The predicted molar refractivity (Wildman–Crippen MR) is 89.7 cm³/mol. The number of carbonyl (C=O) groups excluding carboxylic acids is 2. The topological polar surface area (TPSA) is 46.2 Å². The van der Waals surface area contributed by atoms with Gasteiger partial charge in [0.1, 0.15) is 5.78 Å². The summed E-state index contributed by atoms with van der Waals surface area (Å²) in [5.41, 5.74) is 0.351. The van der Waals surface area contributed by atoms with Gasteiger partial charge in [0.2, 0.25) is 5.91 Å². The summed E-state index contributed by atoms with van der Waals surface area (Å²) >= 11 is 0. The first-order chi connectivity index (χ1) is 10.9. The molecular formula is C20H31NO2. The fraction of sp³-hybridized carbons (Fsp3) is 0.900. The molecule has 3 nitrogen and oxygen atoms in total. The third kappa shape index (κ3) is 2.21. The van der Waals surface area contributed by atoms with Gasteiger partial charge in [-0.1, -0.05) is 13.8 Å². The number of amides is 1. The minimum atomic E-state index is -0.0137. The van der Waals surface area contributed by atoms with Crippen LogP contribution >= 0.6 is 0 Å². The van der Waals surface area contributed by atoms with Gasteiger partial charge in [0.15, 0.2) is 0 Å². The molecule has 1 saturated heterocycles. The van der Waals surface area contributed by atoms with E-state index in [0.717, 1.165) is 50.5 Å². The Morgan fingerprint density at radius 3 is 2.57 bits per heavy atom. The summed E-state index contributed by atoms with van der Waals surface area (Å²) in [5.74, 6) is 3.63. The van der Waals surface area contributed by atoms with Crippen LogP contribution in [0.25, 0.3) is 0 Å². The van der Waals surface area contributed by atoms with Crippen LogP contribution in [0.2, 0.25) is 0 Å². The monoisotopic (exact) mass is 317 g/mol. The molecule has 128 valence electrons. The smallest absolute Gasteiger partial charge is 0.220 e. The molecule has 0 aromatic rings. The highest BCUT2D eigenvalue weighted by molar-refractivity contribution is 5.87. The Morgan fingerprint density at radius 1 is 0.913 bits per heavy atom. The minimum Gasteiger partial charge on any atom is -0.356 e. The van der Waals surface area contributed by atoms with Crippen LogP contribution in [-0.2, 0) is 9.59 Å². The highest BCUT2D eigenvalue weighted by Gasteiger charge is 2.59. The van der Waals surface area contributed by atoms with E-state index in [2.05, 4.69) is 19.2 Å². The molecule has 3 aliphatic carbocycles. The van der Waals surface area contributed by atoms with Crippen molar-refractivity contribution in [2.45, 2.75) is 71.6 Å². The molecule has 23 heavy (non-hydrogen) atoms. The van der Waals surface area contributed by atoms with Crippen LogP contribution < -0.4 is 5.32 Å². The van der Waals surface area contributed by atoms with E-state index in [9.17, 15) is 9.59 Å². The van der Waals surface area contributed by atoms with Crippen LogP contribution in [0.15, 0.2) is 0 Å². The fourth-order valence-electron chi connectivity index (χ4n) is 7.03. The number of nitrogens with one attached hydrogen (secondary N) is 1. The summed E-state index contributed by atoms with van der Waals surface area (Å²) < 4.78 is 0. The lowest BCUT2D eigenvalue weighted by Crippen LogP contribution is -2.53. The third-order valence-electron chi connectivity index (χ3n) is 8.48. The standard InChI is InChI=1S/C20H31NO2/c1-19-11-12-21-18(23)8-4-13(19)3-5-14-15-6-7-17(22)20(15,2)10-9-16(14)19/h13-16H,3-12H2,1-2H3,(H,21,23)/t13-,14-,15-,16?,19-,20-/m0/s1. The van der Waals surface area contributed by atoms with Crippen LogP contribution in [0.3, 0.4) is 0 Å². The van der Waals surface area contributed by atoms with Crippen molar-refractivity contribution in [3.05, 3.63) is 0 Å². The second kappa shape index (κ2) is 5.32. The number of Topliss-reactive ketones (excluding diaryl/α,β-unsaturated/α-hetero) is 1. The molecular weight excluding hydrogens is 286 g/mol. The number of carbonyl (C=O) groups is 2. The van der Waals surface area contributed by atoms with Crippen molar-refractivity contribution in [2.75, 3.05) is 6.54 Å². The Morgan fingerprint density at radius 2 is 1.74 bits per heavy atom. The van der Waals surface area contributed by atoms with Gasteiger partial charge in [-0.25, -0.2) is 0 Å². The molecule has 0 bridgehead atoms. The number of fused-ring (bicyclic) bond motifs is 5. The van der Waals surface area contributed by atoms with E-state index in [0.29, 0.717) is 29.5 Å². The van der Waals surface area contributed by atoms with Crippen molar-refractivity contribution in [3.8, 4) is 0 Å². The quantitative estimate of drug-likeness (QED) is 0.740. The lowest BCUT2D eigenvalue weighted by Gasteiger charge is -2.58. The maximum absolute atomic E-state index is 12.5. The van der Waals surface area contributed by atoms with Gasteiger partial charge >= 0.3 is 0 Å². The maximum Gasteiger partial charge on any atom is 0.220 e. The number of hydrogen-bond acceptors (Lipinski definition) is 2. The Bertz CT molecular complexity index is 530. The Kier molecular flexibility index (Phi) is 3.62. The molecule has 3 heteroatoms. The van der Waals surface area contributed by atoms with Crippen LogP contribution in [0.1, 0.15) is 71.6 Å². The molecule has 1 amide bonds. The lowest BCUT2D eigenvalue weighted by molar-refractivity contribution is -0.139. The van der Waals surface area contributed by atoms with Crippen molar-refractivity contribution in [3.63, 3.8) is 0 Å². The minimum absolute atomic E-state index is 0.0137. The molecule has 0 spiro atoms. The van der Waals surface area contributed by atoms with Gasteiger partial charge in [-0.2, -0.15) is 0 Å². The van der Waals surface area contributed by atoms with E-state index in [1.54, 1.807) is 0 Å². The van der Waals surface area contributed by atoms with E-state index in [4.69, 9.17) is 0 Å². The van der Waals surface area contributed by atoms with Gasteiger partial charge in [0.25, 0.3) is 0 Å². The largest absolute Gasteiger partial charge is 0.356 e. The van der Waals surface area contributed by atoms with Crippen LogP contribution in [0.5, 0.6) is 0 Å². The summed E-state index contributed by atoms with van der Waals surface area (Å²) in [4.78, 5) is 24.2. The van der Waals surface area contributed by atoms with Gasteiger partial charge in [-0.05, 0) is 74.0 Å². The zero-order valence-electron chi connectivity index (χ0n) is 14.7. The number of hydrogen-bond donors (Lipinski definition) is 1. The molecule has 3 saturated carbocycles. The van der Waals surface area contributed by atoms with Gasteiger partial charge in [-0.15, -0.1) is 0 Å². The second-order valence-corrected chi connectivity index (χ2v) is 9.21. The van der Waals surface area contributed by atoms with Crippen LogP contribution in [-0.4, -0.2) is 18.2 Å². The SMILES string of the molecule is C[C@]12CCC3[C@@H](CC[C@H]4CCC(=O)NCC[C@]34C)[C@@H]1CCC2=O. The lowest BCUT2D eigenvalue weighted by atomic mass is 9.46. The number of ketones is 1. The Balaban J connectivity index is 1.62.